The highest BCUT2D eigenvalue weighted by molar-refractivity contribution is 7.88. The lowest BCUT2D eigenvalue weighted by Crippen LogP contribution is -2.67. The summed E-state index contributed by atoms with van der Waals surface area (Å²) < 4.78 is 35.3. The molecule has 2 N–H and O–H groups in total. The van der Waals surface area contributed by atoms with Crippen molar-refractivity contribution in [2.75, 3.05) is 19.3 Å². The van der Waals surface area contributed by atoms with Gasteiger partial charge in [0.2, 0.25) is 10.0 Å². The third-order valence-electron chi connectivity index (χ3n) is 2.91. The van der Waals surface area contributed by atoms with Crippen LogP contribution in [0.5, 0.6) is 0 Å². The third kappa shape index (κ3) is 6.32. The van der Waals surface area contributed by atoms with Gasteiger partial charge in [-0.3, -0.25) is 15.4 Å². The standard InChI is InChI=1S/C13H25N3O6S/c1-6-9(17)21-11-10(15-12(18)22-13(2,3)4)16(8-7-14-11)23(5,19)20/h10-11,14H,6-8H2,1-5H3,(H,15,18)/t10-,11?/m0/s1. The number of carbonyl (C=O) groups is 2. The minimum absolute atomic E-state index is 0.135. The Morgan fingerprint density at radius 1 is 1.35 bits per heavy atom. The average molecular weight is 351 g/mol. The first-order chi connectivity index (χ1) is 10.4. The van der Waals surface area contributed by atoms with Crippen LogP contribution in [0.1, 0.15) is 34.1 Å². The van der Waals surface area contributed by atoms with Gasteiger partial charge in [0, 0.05) is 19.5 Å². The molecular weight excluding hydrogens is 326 g/mol. The van der Waals surface area contributed by atoms with Gasteiger partial charge in [-0.15, -0.1) is 0 Å². The van der Waals surface area contributed by atoms with Crippen molar-refractivity contribution >= 4 is 22.1 Å². The number of alkyl carbamates (subject to hydrolysis) is 1. The summed E-state index contributed by atoms with van der Waals surface area (Å²) in [5.74, 6) is -0.506. The Hall–Kier alpha value is -1.39. The van der Waals surface area contributed by atoms with Crippen molar-refractivity contribution in [3.05, 3.63) is 0 Å². The molecule has 0 radical (unpaired) electrons. The van der Waals surface area contributed by atoms with Crippen molar-refractivity contribution in [1.82, 2.24) is 14.9 Å². The zero-order valence-corrected chi connectivity index (χ0v) is 14.9. The van der Waals surface area contributed by atoms with Crippen LogP contribution in [-0.4, -0.2) is 62.1 Å². The third-order valence-corrected chi connectivity index (χ3v) is 4.17. The van der Waals surface area contributed by atoms with E-state index in [1.54, 1.807) is 27.7 Å². The van der Waals surface area contributed by atoms with E-state index >= 15 is 0 Å². The Bertz CT molecular complexity index is 542. The molecule has 2 atom stereocenters. The summed E-state index contributed by atoms with van der Waals surface area (Å²) in [6.07, 6.45) is -1.70. The summed E-state index contributed by atoms with van der Waals surface area (Å²) in [4.78, 5) is 23.5. The van der Waals surface area contributed by atoms with Gasteiger partial charge < -0.3 is 9.47 Å². The van der Waals surface area contributed by atoms with Crippen LogP contribution in [0.4, 0.5) is 4.79 Å². The Balaban J connectivity index is 2.96. The number of nitrogens with one attached hydrogen (secondary N) is 2. The van der Waals surface area contributed by atoms with Crippen LogP contribution < -0.4 is 10.6 Å². The van der Waals surface area contributed by atoms with E-state index < -0.39 is 40.1 Å². The fraction of sp³-hybridized carbons (Fsp3) is 0.846. The van der Waals surface area contributed by atoms with Crippen LogP contribution in [-0.2, 0) is 24.3 Å². The second kappa shape index (κ2) is 7.45. The molecule has 1 rings (SSSR count). The molecule has 1 unspecified atom stereocenters. The fourth-order valence-electron chi connectivity index (χ4n) is 2.00. The minimum Gasteiger partial charge on any atom is -0.444 e. The molecule has 0 saturated carbocycles. The van der Waals surface area contributed by atoms with Crippen molar-refractivity contribution in [2.24, 2.45) is 0 Å². The number of hydrogen-bond donors (Lipinski definition) is 2. The lowest BCUT2D eigenvalue weighted by atomic mass is 10.2. The van der Waals surface area contributed by atoms with E-state index in [0.717, 1.165) is 10.6 Å². The quantitative estimate of drug-likeness (QED) is 0.684. The maximum atomic E-state index is 12.0. The van der Waals surface area contributed by atoms with Crippen LogP contribution in [0.25, 0.3) is 0 Å². The maximum Gasteiger partial charge on any atom is 0.409 e. The van der Waals surface area contributed by atoms with Crippen LogP contribution >= 0.6 is 0 Å². The van der Waals surface area contributed by atoms with Crippen molar-refractivity contribution in [3.63, 3.8) is 0 Å². The van der Waals surface area contributed by atoms with E-state index in [9.17, 15) is 18.0 Å². The second-order valence-electron chi connectivity index (χ2n) is 6.18. The molecule has 1 saturated heterocycles. The predicted molar refractivity (Wildman–Crippen MR) is 82.9 cm³/mol. The first-order valence-electron chi connectivity index (χ1n) is 7.33. The molecule has 23 heavy (non-hydrogen) atoms. The molecule has 0 aromatic rings. The molecule has 1 heterocycles. The van der Waals surface area contributed by atoms with Gasteiger partial charge in [-0.2, -0.15) is 4.31 Å². The SMILES string of the molecule is CCC(=O)OC1NCCN(S(C)(=O)=O)[C@@H]1NC(=O)OC(C)(C)C. The molecule has 134 valence electrons. The van der Waals surface area contributed by atoms with E-state index in [1.165, 1.54) is 0 Å². The first kappa shape index (κ1) is 19.7. The van der Waals surface area contributed by atoms with Crippen molar-refractivity contribution in [3.8, 4) is 0 Å². The number of rotatable bonds is 4. The zero-order chi connectivity index (χ0) is 17.8. The van der Waals surface area contributed by atoms with Crippen molar-refractivity contribution in [1.29, 1.82) is 0 Å². The Morgan fingerprint density at radius 2 is 1.96 bits per heavy atom. The Kier molecular flexibility index (Phi) is 6.37. The highest BCUT2D eigenvalue weighted by Crippen LogP contribution is 2.15. The van der Waals surface area contributed by atoms with Gasteiger partial charge in [-0.05, 0) is 20.8 Å². The number of esters is 1. The minimum atomic E-state index is -3.61. The molecule has 9 nitrogen and oxygen atoms in total. The van der Waals surface area contributed by atoms with Crippen LogP contribution in [0, 0.1) is 0 Å². The summed E-state index contributed by atoms with van der Waals surface area (Å²) in [6.45, 7) is 7.12. The number of nitrogens with zero attached hydrogens (tertiary/aromatic N) is 1. The first-order valence-corrected chi connectivity index (χ1v) is 9.18. The monoisotopic (exact) mass is 351 g/mol. The highest BCUT2D eigenvalue weighted by atomic mass is 32.2. The van der Waals surface area contributed by atoms with E-state index in [1.807, 2.05) is 0 Å². The molecule has 0 aromatic heterocycles. The Morgan fingerprint density at radius 3 is 2.43 bits per heavy atom. The topological polar surface area (TPSA) is 114 Å². The lowest BCUT2D eigenvalue weighted by Gasteiger charge is -2.39. The van der Waals surface area contributed by atoms with Gasteiger partial charge >= 0.3 is 12.1 Å². The number of piperazine rings is 1. The Labute approximate surface area is 136 Å². The highest BCUT2D eigenvalue weighted by Gasteiger charge is 2.40. The second-order valence-corrected chi connectivity index (χ2v) is 8.12. The molecule has 1 aliphatic rings. The smallest absolute Gasteiger partial charge is 0.409 e. The van der Waals surface area contributed by atoms with Gasteiger partial charge in [0.15, 0.2) is 6.23 Å². The summed E-state index contributed by atoms with van der Waals surface area (Å²) in [5, 5.41) is 5.34. The van der Waals surface area contributed by atoms with Gasteiger partial charge in [-0.25, -0.2) is 13.2 Å². The largest absolute Gasteiger partial charge is 0.444 e. The van der Waals surface area contributed by atoms with E-state index in [4.69, 9.17) is 9.47 Å². The maximum absolute atomic E-state index is 12.0. The molecule has 10 heteroatoms. The number of hydrogen-bond acceptors (Lipinski definition) is 7. The molecule has 1 aliphatic heterocycles. The van der Waals surface area contributed by atoms with Crippen LogP contribution in [0.3, 0.4) is 0 Å². The zero-order valence-electron chi connectivity index (χ0n) is 14.1. The summed E-state index contributed by atoms with van der Waals surface area (Å²) in [5.41, 5.74) is -0.738. The predicted octanol–water partition coefficient (Wildman–Crippen LogP) is -0.0187. The molecule has 0 spiro atoms. The van der Waals surface area contributed by atoms with Crippen molar-refractivity contribution < 1.29 is 27.5 Å². The fourth-order valence-corrected chi connectivity index (χ4v) is 3.00. The molecule has 0 bridgehead atoms. The molecule has 0 aliphatic carbocycles. The van der Waals surface area contributed by atoms with Crippen LogP contribution in [0.15, 0.2) is 0 Å². The van der Waals surface area contributed by atoms with E-state index in [0.29, 0.717) is 6.54 Å². The number of sulfonamides is 1. The van der Waals surface area contributed by atoms with Gasteiger partial charge in [-0.1, -0.05) is 6.92 Å². The average Bonchev–Trinajstić information content (AvgIpc) is 2.36. The number of carbonyl (C=O) groups excluding carboxylic acids is 2. The summed E-state index contributed by atoms with van der Waals surface area (Å²) in [6, 6.07) is 0. The molecule has 0 aromatic carbocycles. The van der Waals surface area contributed by atoms with Crippen molar-refractivity contribution in [2.45, 2.75) is 52.1 Å². The molecular formula is C13H25N3O6S. The number of amides is 1. The van der Waals surface area contributed by atoms with Gasteiger partial charge in [0.1, 0.15) is 11.8 Å². The van der Waals surface area contributed by atoms with E-state index in [2.05, 4.69) is 10.6 Å². The van der Waals surface area contributed by atoms with Gasteiger partial charge in [0.25, 0.3) is 0 Å². The molecule has 1 amide bonds. The summed E-state index contributed by atoms with van der Waals surface area (Å²) >= 11 is 0. The lowest BCUT2D eigenvalue weighted by molar-refractivity contribution is -0.156. The van der Waals surface area contributed by atoms with E-state index in [-0.39, 0.29) is 13.0 Å². The number of ether oxygens (including phenoxy) is 2. The summed E-state index contributed by atoms with van der Waals surface area (Å²) in [7, 11) is -3.61. The van der Waals surface area contributed by atoms with Crippen LogP contribution in [0.2, 0.25) is 0 Å². The normalized spacial score (nSPS) is 23.2. The molecule has 1 fully saturated rings. The van der Waals surface area contributed by atoms with Gasteiger partial charge in [0.05, 0.1) is 6.26 Å².